The lowest BCUT2D eigenvalue weighted by Gasteiger charge is -2.16. The van der Waals surface area contributed by atoms with Gasteiger partial charge in [0, 0.05) is 13.8 Å². The van der Waals surface area contributed by atoms with Crippen LogP contribution in [0.15, 0.2) is 24.3 Å². The molecule has 138 valence electrons. The monoisotopic (exact) mass is 354 g/mol. The van der Waals surface area contributed by atoms with Crippen molar-refractivity contribution >= 4 is 11.9 Å². The summed E-state index contributed by atoms with van der Waals surface area (Å²) in [4.78, 5) is 22.9. The fourth-order valence-electron chi connectivity index (χ4n) is 3.30. The average Bonchev–Trinajstić information content (AvgIpc) is 2.50. The van der Waals surface area contributed by atoms with Gasteiger partial charge in [-0.1, -0.05) is 35.4 Å². The van der Waals surface area contributed by atoms with E-state index >= 15 is 0 Å². The Balaban J connectivity index is 2.37. The van der Waals surface area contributed by atoms with Crippen LogP contribution in [-0.2, 0) is 22.4 Å². The summed E-state index contributed by atoms with van der Waals surface area (Å²) in [6, 6.07) is 8.09. The van der Waals surface area contributed by atoms with Crippen LogP contribution in [0.3, 0.4) is 0 Å². The Morgan fingerprint density at radius 2 is 1.04 bits per heavy atom. The first-order valence-corrected chi connectivity index (χ1v) is 8.74. The number of hydrogen-bond acceptors (Lipinski definition) is 4. The zero-order valence-electron chi connectivity index (χ0n) is 16.4. The van der Waals surface area contributed by atoms with E-state index in [0.29, 0.717) is 24.3 Å². The SMILES string of the molecule is CC(=O)Oc1c(C)cc(C)cc1CCc1cc(C)cc(C)c1OC(C)=O. The van der Waals surface area contributed by atoms with Gasteiger partial charge in [-0.15, -0.1) is 0 Å². The molecule has 0 unspecified atom stereocenters. The normalized spacial score (nSPS) is 10.5. The molecule has 0 N–H and O–H groups in total. The van der Waals surface area contributed by atoms with Gasteiger partial charge in [-0.2, -0.15) is 0 Å². The van der Waals surface area contributed by atoms with Gasteiger partial charge in [0.15, 0.2) is 0 Å². The van der Waals surface area contributed by atoms with Crippen molar-refractivity contribution in [1.82, 2.24) is 0 Å². The van der Waals surface area contributed by atoms with Crippen LogP contribution < -0.4 is 9.47 Å². The second-order valence-electron chi connectivity index (χ2n) is 6.83. The molecule has 4 nitrogen and oxygen atoms in total. The molecule has 0 amide bonds. The molecule has 0 spiro atoms. The van der Waals surface area contributed by atoms with Crippen molar-refractivity contribution in [1.29, 1.82) is 0 Å². The van der Waals surface area contributed by atoms with Crippen molar-refractivity contribution in [2.75, 3.05) is 0 Å². The number of benzene rings is 2. The third kappa shape index (κ3) is 4.94. The van der Waals surface area contributed by atoms with Crippen LogP contribution in [0.4, 0.5) is 0 Å². The molecule has 0 saturated heterocycles. The minimum absolute atomic E-state index is 0.329. The summed E-state index contributed by atoms with van der Waals surface area (Å²) in [6.07, 6.45) is 1.37. The molecule has 0 saturated carbocycles. The Morgan fingerprint density at radius 1 is 0.692 bits per heavy atom. The quantitative estimate of drug-likeness (QED) is 0.584. The number of carbonyl (C=O) groups is 2. The third-order valence-electron chi connectivity index (χ3n) is 4.15. The van der Waals surface area contributed by atoms with Gasteiger partial charge < -0.3 is 9.47 Å². The molecule has 2 aromatic rings. The van der Waals surface area contributed by atoms with Gasteiger partial charge in [-0.05, 0) is 62.8 Å². The Morgan fingerprint density at radius 3 is 1.35 bits per heavy atom. The topological polar surface area (TPSA) is 52.6 Å². The molecule has 0 fully saturated rings. The summed E-state index contributed by atoms with van der Waals surface area (Å²) in [5, 5.41) is 0. The standard InChI is InChI=1S/C22H26O4/c1-13-9-15(3)21(25-17(5)23)19(11-13)7-8-20-12-14(2)10-16(4)22(20)26-18(6)24/h9-12H,7-8H2,1-6H3. The lowest BCUT2D eigenvalue weighted by atomic mass is 9.96. The van der Waals surface area contributed by atoms with E-state index in [2.05, 4.69) is 0 Å². The van der Waals surface area contributed by atoms with Crippen molar-refractivity contribution < 1.29 is 19.1 Å². The lowest BCUT2D eigenvalue weighted by molar-refractivity contribution is -0.133. The summed E-state index contributed by atoms with van der Waals surface area (Å²) in [5.41, 5.74) is 6.08. The van der Waals surface area contributed by atoms with Crippen molar-refractivity contribution in [3.63, 3.8) is 0 Å². The zero-order chi connectivity index (χ0) is 19.4. The second-order valence-corrected chi connectivity index (χ2v) is 6.83. The lowest BCUT2D eigenvalue weighted by Crippen LogP contribution is -2.09. The van der Waals surface area contributed by atoms with Crippen LogP contribution in [-0.4, -0.2) is 11.9 Å². The molecule has 0 bridgehead atoms. The molecule has 0 heterocycles. The van der Waals surface area contributed by atoms with E-state index in [1.54, 1.807) is 0 Å². The van der Waals surface area contributed by atoms with Crippen molar-refractivity contribution in [3.8, 4) is 11.5 Å². The molecule has 0 atom stereocenters. The van der Waals surface area contributed by atoms with E-state index < -0.39 is 0 Å². The molecule has 0 aliphatic carbocycles. The summed E-state index contributed by atoms with van der Waals surface area (Å²) >= 11 is 0. The minimum Gasteiger partial charge on any atom is -0.426 e. The number of hydrogen-bond donors (Lipinski definition) is 0. The van der Waals surface area contributed by atoms with Crippen LogP contribution in [0, 0.1) is 27.7 Å². The van der Waals surface area contributed by atoms with Crippen molar-refractivity contribution in [2.24, 2.45) is 0 Å². The van der Waals surface area contributed by atoms with E-state index in [9.17, 15) is 9.59 Å². The fraction of sp³-hybridized carbons (Fsp3) is 0.364. The van der Waals surface area contributed by atoms with Gasteiger partial charge in [0.1, 0.15) is 11.5 Å². The Labute approximate surface area is 155 Å². The Hall–Kier alpha value is -2.62. The number of rotatable bonds is 5. The molecule has 0 aliphatic rings. The highest BCUT2D eigenvalue weighted by molar-refractivity contribution is 5.71. The van der Waals surface area contributed by atoms with E-state index in [-0.39, 0.29) is 11.9 Å². The molecule has 0 aliphatic heterocycles. The predicted molar refractivity (Wildman–Crippen MR) is 102 cm³/mol. The predicted octanol–water partition coefficient (Wildman–Crippen LogP) is 4.56. The van der Waals surface area contributed by atoms with Crippen LogP contribution in [0.2, 0.25) is 0 Å². The maximum absolute atomic E-state index is 11.5. The number of carbonyl (C=O) groups excluding carboxylic acids is 2. The molecule has 26 heavy (non-hydrogen) atoms. The Kier molecular flexibility index (Phi) is 6.19. The summed E-state index contributed by atoms with van der Waals surface area (Å²) in [5.74, 6) is 0.596. The molecular weight excluding hydrogens is 328 g/mol. The third-order valence-corrected chi connectivity index (χ3v) is 4.15. The number of esters is 2. The highest BCUT2D eigenvalue weighted by atomic mass is 16.5. The van der Waals surface area contributed by atoms with E-state index in [0.717, 1.165) is 33.4 Å². The first-order valence-electron chi connectivity index (χ1n) is 8.74. The number of aryl methyl sites for hydroxylation is 6. The zero-order valence-corrected chi connectivity index (χ0v) is 16.4. The van der Waals surface area contributed by atoms with Gasteiger partial charge in [0.25, 0.3) is 0 Å². The summed E-state index contributed by atoms with van der Waals surface area (Å²) < 4.78 is 10.9. The van der Waals surface area contributed by atoms with Crippen molar-refractivity contribution in [3.05, 3.63) is 57.6 Å². The van der Waals surface area contributed by atoms with Gasteiger partial charge in [-0.3, -0.25) is 9.59 Å². The van der Waals surface area contributed by atoms with Gasteiger partial charge in [0.2, 0.25) is 0 Å². The molecule has 4 heteroatoms. The van der Waals surface area contributed by atoms with Gasteiger partial charge in [-0.25, -0.2) is 0 Å². The van der Waals surface area contributed by atoms with E-state index in [1.807, 2.05) is 52.0 Å². The molecular formula is C22H26O4. The first kappa shape index (κ1) is 19.7. The first-order chi connectivity index (χ1) is 12.2. The van der Waals surface area contributed by atoms with Gasteiger partial charge >= 0.3 is 11.9 Å². The summed E-state index contributed by atoms with van der Waals surface area (Å²) in [7, 11) is 0. The van der Waals surface area contributed by atoms with E-state index in [1.165, 1.54) is 13.8 Å². The molecule has 0 radical (unpaired) electrons. The minimum atomic E-state index is -0.329. The number of ether oxygens (including phenoxy) is 2. The van der Waals surface area contributed by atoms with E-state index in [4.69, 9.17) is 9.47 Å². The van der Waals surface area contributed by atoms with Crippen LogP contribution in [0.5, 0.6) is 11.5 Å². The summed E-state index contributed by atoms with van der Waals surface area (Å²) in [6.45, 7) is 10.7. The van der Waals surface area contributed by atoms with Crippen LogP contribution in [0.25, 0.3) is 0 Å². The second kappa shape index (κ2) is 8.17. The average molecular weight is 354 g/mol. The molecule has 2 aromatic carbocycles. The van der Waals surface area contributed by atoms with Crippen molar-refractivity contribution in [2.45, 2.75) is 54.4 Å². The van der Waals surface area contributed by atoms with Crippen LogP contribution >= 0.6 is 0 Å². The molecule has 0 aromatic heterocycles. The van der Waals surface area contributed by atoms with Gasteiger partial charge in [0.05, 0.1) is 0 Å². The van der Waals surface area contributed by atoms with Crippen LogP contribution in [0.1, 0.15) is 47.2 Å². The maximum atomic E-state index is 11.5. The maximum Gasteiger partial charge on any atom is 0.308 e. The largest absolute Gasteiger partial charge is 0.426 e. The highest BCUT2D eigenvalue weighted by Gasteiger charge is 2.15. The molecule has 2 rings (SSSR count). The highest BCUT2D eigenvalue weighted by Crippen LogP contribution is 2.30. The smallest absolute Gasteiger partial charge is 0.308 e. The Bertz CT molecular complexity index is 778. The fourth-order valence-corrected chi connectivity index (χ4v) is 3.30.